The predicted molar refractivity (Wildman–Crippen MR) is 73.7 cm³/mol. The first-order valence-electron chi connectivity index (χ1n) is 5.63. The second-order valence-corrected chi connectivity index (χ2v) is 5.08. The number of nitrogens with zero attached hydrogens (tertiary/aromatic N) is 1. The standard InChI is InChI=1S/C12H14INO3/c13-7-10-6-5-9(8-17-10)11-3-1-2-4-12(11)14(15)16/h1-4,9-10H,5-8H2. The summed E-state index contributed by atoms with van der Waals surface area (Å²) < 4.78 is 6.69. The van der Waals surface area contributed by atoms with Gasteiger partial charge in [0.05, 0.1) is 17.6 Å². The van der Waals surface area contributed by atoms with E-state index in [2.05, 4.69) is 22.6 Å². The molecule has 0 spiro atoms. The number of hydrogen-bond donors (Lipinski definition) is 0. The fourth-order valence-electron chi connectivity index (χ4n) is 2.17. The van der Waals surface area contributed by atoms with E-state index in [1.807, 2.05) is 12.1 Å². The second kappa shape index (κ2) is 5.77. The first-order chi connectivity index (χ1) is 8.22. The van der Waals surface area contributed by atoms with Crippen molar-refractivity contribution in [2.24, 2.45) is 0 Å². The molecule has 1 aliphatic rings. The SMILES string of the molecule is O=[N+]([O-])c1ccccc1C1CCC(CI)OC1. The molecule has 17 heavy (non-hydrogen) atoms. The Morgan fingerprint density at radius 1 is 1.41 bits per heavy atom. The van der Waals surface area contributed by atoms with Crippen molar-refractivity contribution >= 4 is 28.3 Å². The monoisotopic (exact) mass is 347 g/mol. The van der Waals surface area contributed by atoms with Crippen LogP contribution in [0.4, 0.5) is 5.69 Å². The maximum Gasteiger partial charge on any atom is 0.272 e. The van der Waals surface area contributed by atoms with E-state index in [-0.39, 0.29) is 16.5 Å². The summed E-state index contributed by atoms with van der Waals surface area (Å²) in [5, 5.41) is 10.9. The molecular weight excluding hydrogens is 333 g/mol. The Hall–Kier alpha value is -0.690. The van der Waals surface area contributed by atoms with Gasteiger partial charge >= 0.3 is 0 Å². The van der Waals surface area contributed by atoms with Crippen LogP contribution in [0.3, 0.4) is 0 Å². The van der Waals surface area contributed by atoms with Gasteiger partial charge in [-0.05, 0) is 12.8 Å². The van der Waals surface area contributed by atoms with Crippen LogP contribution in [0.5, 0.6) is 0 Å². The molecule has 1 aliphatic heterocycles. The van der Waals surface area contributed by atoms with Crippen molar-refractivity contribution in [3.8, 4) is 0 Å². The van der Waals surface area contributed by atoms with Gasteiger partial charge in [0.25, 0.3) is 5.69 Å². The lowest BCUT2D eigenvalue weighted by molar-refractivity contribution is -0.385. The molecule has 2 rings (SSSR count). The van der Waals surface area contributed by atoms with Crippen LogP contribution in [0.25, 0.3) is 0 Å². The Labute approximate surface area is 114 Å². The molecule has 0 aromatic heterocycles. The van der Waals surface area contributed by atoms with Crippen LogP contribution >= 0.6 is 22.6 Å². The lowest BCUT2D eigenvalue weighted by atomic mass is 9.90. The summed E-state index contributed by atoms with van der Waals surface area (Å²) in [6.07, 6.45) is 2.27. The van der Waals surface area contributed by atoms with E-state index < -0.39 is 0 Å². The Bertz CT molecular complexity index is 402. The quantitative estimate of drug-likeness (QED) is 0.365. The molecule has 5 heteroatoms. The Kier molecular flexibility index (Phi) is 4.33. The van der Waals surface area contributed by atoms with Crippen molar-refractivity contribution in [2.75, 3.05) is 11.0 Å². The highest BCUT2D eigenvalue weighted by Gasteiger charge is 2.27. The van der Waals surface area contributed by atoms with Gasteiger partial charge in [0.15, 0.2) is 0 Å². The van der Waals surface area contributed by atoms with Crippen LogP contribution in [0, 0.1) is 10.1 Å². The summed E-state index contributed by atoms with van der Waals surface area (Å²) in [5.74, 6) is 0.163. The minimum Gasteiger partial charge on any atom is -0.377 e. The highest BCUT2D eigenvalue weighted by molar-refractivity contribution is 14.1. The second-order valence-electron chi connectivity index (χ2n) is 4.20. The lowest BCUT2D eigenvalue weighted by Crippen LogP contribution is -2.26. The fraction of sp³-hybridized carbons (Fsp3) is 0.500. The van der Waals surface area contributed by atoms with Gasteiger partial charge in [-0.3, -0.25) is 10.1 Å². The average molecular weight is 347 g/mol. The molecule has 1 aromatic carbocycles. The number of nitro groups is 1. The Morgan fingerprint density at radius 3 is 2.76 bits per heavy atom. The third kappa shape index (κ3) is 2.95. The number of ether oxygens (including phenoxy) is 1. The number of alkyl halides is 1. The zero-order valence-electron chi connectivity index (χ0n) is 9.34. The molecule has 2 unspecified atom stereocenters. The van der Waals surface area contributed by atoms with E-state index >= 15 is 0 Å². The topological polar surface area (TPSA) is 52.4 Å². The molecular formula is C12H14INO3. The summed E-state index contributed by atoms with van der Waals surface area (Å²) in [4.78, 5) is 10.6. The Balaban J connectivity index is 2.15. The third-order valence-corrected chi connectivity index (χ3v) is 4.10. The summed E-state index contributed by atoms with van der Waals surface area (Å²) in [5.41, 5.74) is 1.03. The highest BCUT2D eigenvalue weighted by Crippen LogP contribution is 2.33. The van der Waals surface area contributed by atoms with Crippen LogP contribution in [0.2, 0.25) is 0 Å². The number of halogens is 1. The number of hydrogen-bond acceptors (Lipinski definition) is 3. The molecule has 1 aromatic rings. The van der Waals surface area contributed by atoms with Gasteiger partial charge in [-0.25, -0.2) is 0 Å². The zero-order valence-corrected chi connectivity index (χ0v) is 11.5. The van der Waals surface area contributed by atoms with Gasteiger partial charge < -0.3 is 4.74 Å². The van der Waals surface area contributed by atoms with E-state index in [0.29, 0.717) is 12.7 Å². The summed E-state index contributed by atoms with van der Waals surface area (Å²) in [7, 11) is 0. The van der Waals surface area contributed by atoms with Crippen molar-refractivity contribution in [1.82, 2.24) is 0 Å². The van der Waals surface area contributed by atoms with Crippen LogP contribution in [-0.4, -0.2) is 22.1 Å². The van der Waals surface area contributed by atoms with Crippen LogP contribution in [0.15, 0.2) is 24.3 Å². The molecule has 4 nitrogen and oxygen atoms in total. The van der Waals surface area contributed by atoms with Crippen molar-refractivity contribution in [1.29, 1.82) is 0 Å². The van der Waals surface area contributed by atoms with Gasteiger partial charge in [-0.1, -0.05) is 40.8 Å². The molecule has 1 saturated heterocycles. The lowest BCUT2D eigenvalue weighted by Gasteiger charge is -2.28. The molecule has 0 N–H and O–H groups in total. The fourth-order valence-corrected chi connectivity index (χ4v) is 2.87. The maximum absolute atomic E-state index is 10.9. The molecule has 0 saturated carbocycles. The highest BCUT2D eigenvalue weighted by atomic mass is 127. The van der Waals surface area contributed by atoms with Gasteiger partial charge in [0, 0.05) is 22.0 Å². The van der Waals surface area contributed by atoms with Crippen LogP contribution < -0.4 is 0 Å². The van der Waals surface area contributed by atoms with Gasteiger partial charge in [0.2, 0.25) is 0 Å². The Morgan fingerprint density at radius 2 is 2.18 bits per heavy atom. The van der Waals surface area contributed by atoms with Crippen LogP contribution in [0.1, 0.15) is 24.3 Å². The van der Waals surface area contributed by atoms with E-state index in [0.717, 1.165) is 22.8 Å². The molecule has 1 heterocycles. The largest absolute Gasteiger partial charge is 0.377 e. The van der Waals surface area contributed by atoms with E-state index in [9.17, 15) is 10.1 Å². The zero-order chi connectivity index (χ0) is 12.3. The number of para-hydroxylation sites is 1. The van der Waals surface area contributed by atoms with Gasteiger partial charge in [-0.2, -0.15) is 0 Å². The summed E-state index contributed by atoms with van der Waals surface area (Å²) in [6, 6.07) is 6.97. The van der Waals surface area contributed by atoms with Gasteiger partial charge in [-0.15, -0.1) is 0 Å². The average Bonchev–Trinajstić information content (AvgIpc) is 2.39. The smallest absolute Gasteiger partial charge is 0.272 e. The summed E-state index contributed by atoms with van der Waals surface area (Å²) in [6.45, 7) is 0.596. The molecule has 92 valence electrons. The normalized spacial score (nSPS) is 24.5. The van der Waals surface area contributed by atoms with Crippen molar-refractivity contribution in [3.63, 3.8) is 0 Å². The molecule has 2 atom stereocenters. The van der Waals surface area contributed by atoms with Crippen molar-refractivity contribution in [2.45, 2.75) is 24.9 Å². The number of nitro benzene ring substituents is 1. The minimum absolute atomic E-state index is 0.163. The molecule has 1 fully saturated rings. The first-order valence-corrected chi connectivity index (χ1v) is 7.15. The van der Waals surface area contributed by atoms with Gasteiger partial charge in [0.1, 0.15) is 0 Å². The first kappa shape index (κ1) is 12.8. The molecule has 0 radical (unpaired) electrons. The van der Waals surface area contributed by atoms with Crippen LogP contribution in [-0.2, 0) is 4.74 Å². The third-order valence-electron chi connectivity index (χ3n) is 3.12. The van der Waals surface area contributed by atoms with E-state index in [4.69, 9.17) is 4.74 Å². The number of rotatable bonds is 3. The van der Waals surface area contributed by atoms with E-state index in [1.54, 1.807) is 12.1 Å². The molecule has 0 aliphatic carbocycles. The summed E-state index contributed by atoms with van der Waals surface area (Å²) >= 11 is 2.31. The molecule has 0 amide bonds. The minimum atomic E-state index is -0.306. The van der Waals surface area contributed by atoms with Crippen molar-refractivity contribution < 1.29 is 9.66 Å². The molecule has 0 bridgehead atoms. The van der Waals surface area contributed by atoms with Crippen molar-refractivity contribution in [3.05, 3.63) is 39.9 Å². The maximum atomic E-state index is 10.9. The number of benzene rings is 1. The van der Waals surface area contributed by atoms with E-state index in [1.165, 1.54) is 0 Å². The predicted octanol–water partition coefficient (Wildman–Crippen LogP) is 3.29.